The molecule has 0 bridgehead atoms. The molecule has 2 unspecified atom stereocenters. The lowest BCUT2D eigenvalue weighted by atomic mass is 9.54. The standard InChI is InChI=1S/C30H42N4O7/c1-28(2)11-15(12-29(3,4)33-28)32-17-8-7-13-9-14-10-16-21(34(5)6)24(37)20(27(31)40)26(39)30(16,41)25(38)19(14)23(36)18(13)22(17)35/h7-8,14-16,20-21,24,32-33,35-37,41H,9-12H2,1-6H3,(H2,31,40)/t14-,16-,20?,21-,24?,30-/m1/s1. The van der Waals surface area contributed by atoms with Crippen molar-refractivity contribution in [2.75, 3.05) is 19.4 Å². The second kappa shape index (κ2) is 9.52. The Hall–Kier alpha value is -2.99. The number of carbonyl (C=O) groups excluding carboxylic acids is 3. The summed E-state index contributed by atoms with van der Waals surface area (Å²) >= 11 is 0. The van der Waals surface area contributed by atoms with E-state index in [2.05, 4.69) is 38.3 Å². The van der Waals surface area contributed by atoms with Crippen LogP contribution in [0.2, 0.25) is 0 Å². The van der Waals surface area contributed by atoms with Crippen LogP contribution in [0.5, 0.6) is 5.75 Å². The minimum Gasteiger partial charge on any atom is -0.507 e. The third-order valence-corrected chi connectivity index (χ3v) is 9.51. The molecule has 0 radical (unpaired) electrons. The summed E-state index contributed by atoms with van der Waals surface area (Å²) in [4.78, 5) is 41.2. The summed E-state index contributed by atoms with van der Waals surface area (Å²) in [5.41, 5.74) is 3.45. The quantitative estimate of drug-likeness (QED) is 0.202. The number of aliphatic hydroxyl groups is 3. The average molecular weight is 571 g/mol. The number of nitrogens with one attached hydrogen (secondary N) is 2. The fourth-order valence-electron chi connectivity index (χ4n) is 8.34. The molecule has 6 atom stereocenters. The number of ketones is 2. The van der Waals surface area contributed by atoms with Gasteiger partial charge in [0.15, 0.2) is 11.4 Å². The lowest BCUT2D eigenvalue weighted by molar-refractivity contribution is -0.184. The summed E-state index contributed by atoms with van der Waals surface area (Å²) in [6.07, 6.45) is 0.440. The van der Waals surface area contributed by atoms with Crippen LogP contribution in [0, 0.1) is 17.8 Å². The van der Waals surface area contributed by atoms with Gasteiger partial charge in [0.1, 0.15) is 17.4 Å². The number of likely N-dealkylation sites (N-methyl/N-ethyl adjacent to an activating group) is 1. The van der Waals surface area contributed by atoms with Gasteiger partial charge in [-0.05, 0) is 85.0 Å². The molecule has 3 aliphatic carbocycles. The topological polar surface area (TPSA) is 185 Å². The van der Waals surface area contributed by atoms with Crippen LogP contribution in [0.25, 0.3) is 5.76 Å². The number of aromatic hydroxyl groups is 1. The fraction of sp³-hybridized carbons (Fsp3) is 0.633. The van der Waals surface area contributed by atoms with Crippen LogP contribution in [0.1, 0.15) is 58.1 Å². The maximum atomic E-state index is 14.0. The van der Waals surface area contributed by atoms with E-state index in [1.807, 2.05) is 0 Å². The molecule has 1 heterocycles. The van der Waals surface area contributed by atoms with Gasteiger partial charge in [-0.15, -0.1) is 0 Å². The number of benzene rings is 1. The second-order valence-electron chi connectivity index (χ2n) is 13.9. The number of phenols is 1. The summed E-state index contributed by atoms with van der Waals surface area (Å²) in [7, 11) is 3.26. The molecule has 224 valence electrons. The number of nitrogens with two attached hydrogens (primary N) is 1. The molecule has 11 nitrogen and oxygen atoms in total. The molecule has 1 amide bonds. The van der Waals surface area contributed by atoms with Gasteiger partial charge >= 0.3 is 0 Å². The molecule has 1 aromatic rings. The molecule has 11 heteroatoms. The molecule has 4 aliphatic rings. The van der Waals surface area contributed by atoms with E-state index in [-0.39, 0.29) is 46.8 Å². The number of hydrogen-bond donors (Lipinski definition) is 7. The van der Waals surface area contributed by atoms with Crippen molar-refractivity contribution in [3.8, 4) is 5.75 Å². The van der Waals surface area contributed by atoms with Gasteiger partial charge in [-0.2, -0.15) is 0 Å². The van der Waals surface area contributed by atoms with Crippen molar-refractivity contribution in [1.29, 1.82) is 0 Å². The van der Waals surface area contributed by atoms with E-state index in [1.54, 1.807) is 31.1 Å². The van der Waals surface area contributed by atoms with Gasteiger partial charge in [-0.25, -0.2) is 0 Å². The number of nitrogens with zero attached hydrogens (tertiary/aromatic N) is 1. The van der Waals surface area contributed by atoms with Crippen LogP contribution in [0.4, 0.5) is 5.69 Å². The monoisotopic (exact) mass is 570 g/mol. The molecule has 3 fully saturated rings. The van der Waals surface area contributed by atoms with Crippen molar-refractivity contribution in [2.24, 2.45) is 23.5 Å². The maximum Gasteiger partial charge on any atom is 0.230 e. The first-order valence-corrected chi connectivity index (χ1v) is 14.2. The number of Topliss-reactive ketones (excluding diaryl/α,β-unsaturated/α-hetero) is 2. The van der Waals surface area contributed by atoms with Crippen molar-refractivity contribution >= 4 is 28.9 Å². The van der Waals surface area contributed by atoms with E-state index in [0.717, 1.165) is 12.8 Å². The van der Waals surface area contributed by atoms with Gasteiger partial charge in [0.2, 0.25) is 11.7 Å². The first-order chi connectivity index (χ1) is 18.9. The Balaban J connectivity index is 1.55. The summed E-state index contributed by atoms with van der Waals surface area (Å²) in [5, 5.41) is 52.6. The number of rotatable bonds is 4. The molecule has 2 saturated carbocycles. The van der Waals surface area contributed by atoms with E-state index >= 15 is 0 Å². The van der Waals surface area contributed by atoms with Gasteiger partial charge < -0.3 is 41.7 Å². The SMILES string of the molecule is CN(C)[C@H]1C(O)C(C(N)=O)C(=O)[C@]2(O)C(=O)C3=C(O)c4c(ccc(NC5CC(C)(C)NC(C)(C)C5)c4O)C[C@@H]3C[C@H]12. The van der Waals surface area contributed by atoms with Crippen LogP contribution in [-0.2, 0) is 20.8 Å². The lowest BCUT2D eigenvalue weighted by Crippen LogP contribution is -2.73. The minimum atomic E-state index is -2.66. The summed E-state index contributed by atoms with van der Waals surface area (Å²) < 4.78 is 0. The van der Waals surface area contributed by atoms with Gasteiger partial charge in [0.05, 0.1) is 17.4 Å². The van der Waals surface area contributed by atoms with Crippen LogP contribution >= 0.6 is 0 Å². The first-order valence-electron chi connectivity index (χ1n) is 14.2. The molecule has 0 spiro atoms. The molecule has 8 N–H and O–H groups in total. The Bertz CT molecular complexity index is 1340. The molecule has 1 aliphatic heterocycles. The number of fused-ring (bicyclic) bond motifs is 3. The highest BCUT2D eigenvalue weighted by Crippen LogP contribution is 2.53. The summed E-state index contributed by atoms with van der Waals surface area (Å²) in [5.74, 6) is -7.41. The number of amides is 1. The Morgan fingerprint density at radius 2 is 1.71 bits per heavy atom. The predicted octanol–water partition coefficient (Wildman–Crippen LogP) is 0.850. The van der Waals surface area contributed by atoms with Crippen molar-refractivity contribution in [3.05, 3.63) is 28.8 Å². The molecular formula is C30H42N4O7. The van der Waals surface area contributed by atoms with Gasteiger partial charge in [-0.1, -0.05) is 6.07 Å². The van der Waals surface area contributed by atoms with Crippen LogP contribution < -0.4 is 16.4 Å². The van der Waals surface area contributed by atoms with E-state index in [9.17, 15) is 34.8 Å². The highest BCUT2D eigenvalue weighted by atomic mass is 16.3. The molecule has 0 aromatic heterocycles. The number of piperidine rings is 1. The third kappa shape index (κ3) is 4.54. The number of aliphatic hydroxyl groups excluding tert-OH is 2. The number of hydrogen-bond acceptors (Lipinski definition) is 10. The highest BCUT2D eigenvalue weighted by Gasteiger charge is 2.67. The van der Waals surface area contributed by atoms with Gasteiger partial charge in [0, 0.05) is 34.7 Å². The lowest BCUT2D eigenvalue weighted by Gasteiger charge is -2.53. The van der Waals surface area contributed by atoms with E-state index < -0.39 is 58.7 Å². The smallest absolute Gasteiger partial charge is 0.230 e. The number of carbonyl (C=O) groups is 3. The second-order valence-corrected chi connectivity index (χ2v) is 13.9. The highest BCUT2D eigenvalue weighted by molar-refractivity contribution is 6.25. The molecule has 1 aromatic carbocycles. The Morgan fingerprint density at radius 1 is 1.10 bits per heavy atom. The zero-order chi connectivity index (χ0) is 30.4. The fourth-order valence-corrected chi connectivity index (χ4v) is 8.34. The van der Waals surface area contributed by atoms with Crippen LogP contribution in [0.3, 0.4) is 0 Å². The first kappa shape index (κ1) is 29.5. The zero-order valence-electron chi connectivity index (χ0n) is 24.5. The third-order valence-electron chi connectivity index (χ3n) is 9.51. The van der Waals surface area contributed by atoms with Gasteiger partial charge in [-0.3, -0.25) is 14.4 Å². The largest absolute Gasteiger partial charge is 0.507 e. The van der Waals surface area contributed by atoms with Crippen molar-refractivity contribution < 1.29 is 34.8 Å². The van der Waals surface area contributed by atoms with Gasteiger partial charge in [0.25, 0.3) is 0 Å². The molecule has 1 saturated heterocycles. The number of phenolic OH excluding ortho intramolecular Hbond substituents is 1. The number of anilines is 1. The van der Waals surface area contributed by atoms with E-state index in [4.69, 9.17) is 5.73 Å². The Labute approximate surface area is 239 Å². The van der Waals surface area contributed by atoms with Crippen molar-refractivity contribution in [3.63, 3.8) is 0 Å². The summed E-state index contributed by atoms with van der Waals surface area (Å²) in [6, 6.07) is 2.68. The molecular weight excluding hydrogens is 528 g/mol. The van der Waals surface area contributed by atoms with Crippen LogP contribution in [0.15, 0.2) is 17.7 Å². The number of primary amides is 1. The average Bonchev–Trinajstić information content (AvgIpc) is 2.80. The van der Waals surface area contributed by atoms with Crippen molar-refractivity contribution in [2.45, 2.75) is 88.2 Å². The summed E-state index contributed by atoms with van der Waals surface area (Å²) in [6.45, 7) is 8.47. The molecule has 41 heavy (non-hydrogen) atoms. The minimum absolute atomic E-state index is 0.0223. The molecule has 5 rings (SSSR count). The maximum absolute atomic E-state index is 14.0. The Kier molecular flexibility index (Phi) is 6.85. The van der Waals surface area contributed by atoms with Crippen LogP contribution in [-0.4, -0.2) is 91.8 Å². The predicted molar refractivity (Wildman–Crippen MR) is 152 cm³/mol. The zero-order valence-corrected chi connectivity index (χ0v) is 24.5. The van der Waals surface area contributed by atoms with E-state index in [1.165, 1.54) is 0 Å². The Morgan fingerprint density at radius 3 is 2.27 bits per heavy atom. The van der Waals surface area contributed by atoms with E-state index in [0.29, 0.717) is 11.3 Å². The normalized spacial score (nSPS) is 34.6. The van der Waals surface area contributed by atoms with Crippen molar-refractivity contribution in [1.82, 2.24) is 10.2 Å².